The standard InChI is InChI=1S/C10H12N2O4/c13-6-4-8(10(15)16)12-9(14)7-3-1-2-5-11-7/h1-3,5,8,13H,4,6H2,(H,12,14)(H,15,16). The molecule has 1 amide bonds. The van der Waals surface area contributed by atoms with Crippen molar-refractivity contribution in [3.8, 4) is 0 Å². The van der Waals surface area contributed by atoms with Crippen LogP contribution in [-0.2, 0) is 4.79 Å². The number of amides is 1. The summed E-state index contributed by atoms with van der Waals surface area (Å²) in [5, 5.41) is 19.7. The zero-order chi connectivity index (χ0) is 12.0. The number of aliphatic carboxylic acids is 1. The van der Waals surface area contributed by atoms with Crippen molar-refractivity contribution in [1.82, 2.24) is 10.3 Å². The lowest BCUT2D eigenvalue weighted by molar-refractivity contribution is -0.139. The van der Waals surface area contributed by atoms with Crippen LogP contribution in [0.3, 0.4) is 0 Å². The fourth-order valence-electron chi connectivity index (χ4n) is 1.12. The summed E-state index contributed by atoms with van der Waals surface area (Å²) in [6.45, 7) is -0.306. The summed E-state index contributed by atoms with van der Waals surface area (Å²) in [5.74, 6) is -1.75. The van der Waals surface area contributed by atoms with E-state index < -0.39 is 17.9 Å². The molecule has 0 aromatic carbocycles. The van der Waals surface area contributed by atoms with E-state index in [4.69, 9.17) is 10.2 Å². The van der Waals surface area contributed by atoms with Gasteiger partial charge in [0.15, 0.2) is 0 Å². The zero-order valence-electron chi connectivity index (χ0n) is 8.46. The second-order valence-corrected chi connectivity index (χ2v) is 3.09. The lowest BCUT2D eigenvalue weighted by Crippen LogP contribution is -2.41. The van der Waals surface area contributed by atoms with Gasteiger partial charge in [0.1, 0.15) is 11.7 Å². The normalized spacial score (nSPS) is 11.8. The van der Waals surface area contributed by atoms with Gasteiger partial charge in [-0.1, -0.05) is 6.07 Å². The SMILES string of the molecule is O=C(NC(CCO)C(=O)O)c1ccccn1. The minimum Gasteiger partial charge on any atom is -0.480 e. The van der Waals surface area contributed by atoms with Crippen molar-refractivity contribution in [3.05, 3.63) is 30.1 Å². The van der Waals surface area contributed by atoms with Gasteiger partial charge in [0.25, 0.3) is 5.91 Å². The third-order valence-corrected chi connectivity index (χ3v) is 1.92. The molecule has 3 N–H and O–H groups in total. The fraction of sp³-hybridized carbons (Fsp3) is 0.300. The number of carboxylic acids is 1. The predicted molar refractivity (Wildman–Crippen MR) is 54.8 cm³/mol. The van der Waals surface area contributed by atoms with E-state index in [0.29, 0.717) is 0 Å². The highest BCUT2D eigenvalue weighted by molar-refractivity contribution is 5.94. The Hall–Kier alpha value is -1.95. The van der Waals surface area contributed by atoms with E-state index in [1.807, 2.05) is 0 Å². The number of aliphatic hydroxyl groups is 1. The number of hydrogen-bond acceptors (Lipinski definition) is 4. The maximum atomic E-state index is 11.5. The number of rotatable bonds is 5. The molecular formula is C10H12N2O4. The third kappa shape index (κ3) is 3.32. The largest absolute Gasteiger partial charge is 0.480 e. The van der Waals surface area contributed by atoms with Gasteiger partial charge in [-0.2, -0.15) is 0 Å². The molecule has 0 aliphatic heterocycles. The Kier molecular flexibility index (Phi) is 4.41. The number of aromatic nitrogens is 1. The lowest BCUT2D eigenvalue weighted by Gasteiger charge is -2.12. The Morgan fingerprint density at radius 1 is 1.44 bits per heavy atom. The first-order chi connectivity index (χ1) is 7.65. The molecule has 0 saturated carbocycles. The number of carboxylic acid groups (broad SMARTS) is 1. The van der Waals surface area contributed by atoms with E-state index in [2.05, 4.69) is 10.3 Å². The predicted octanol–water partition coefficient (Wildman–Crippen LogP) is -0.353. The molecule has 1 heterocycles. The molecule has 0 aliphatic carbocycles. The Morgan fingerprint density at radius 2 is 2.19 bits per heavy atom. The molecule has 1 rings (SSSR count). The van der Waals surface area contributed by atoms with Gasteiger partial charge in [-0.15, -0.1) is 0 Å². The molecule has 1 atom stereocenters. The average molecular weight is 224 g/mol. The Balaban J connectivity index is 2.65. The molecule has 1 aromatic heterocycles. The Bertz CT molecular complexity index is 366. The van der Waals surface area contributed by atoms with Gasteiger partial charge in [-0.05, 0) is 12.1 Å². The highest BCUT2D eigenvalue weighted by Crippen LogP contribution is 1.97. The smallest absolute Gasteiger partial charge is 0.326 e. The molecule has 6 heteroatoms. The number of nitrogens with one attached hydrogen (secondary N) is 1. The van der Waals surface area contributed by atoms with Crippen LogP contribution < -0.4 is 5.32 Å². The number of carbonyl (C=O) groups excluding carboxylic acids is 1. The van der Waals surface area contributed by atoms with Crippen LogP contribution in [-0.4, -0.2) is 39.7 Å². The third-order valence-electron chi connectivity index (χ3n) is 1.92. The van der Waals surface area contributed by atoms with E-state index in [-0.39, 0.29) is 18.7 Å². The molecule has 6 nitrogen and oxygen atoms in total. The summed E-state index contributed by atoms with van der Waals surface area (Å²) in [7, 11) is 0. The topological polar surface area (TPSA) is 99.5 Å². The summed E-state index contributed by atoms with van der Waals surface area (Å²) in [6.07, 6.45) is 1.41. The second-order valence-electron chi connectivity index (χ2n) is 3.09. The minimum absolute atomic E-state index is 0.0338. The van der Waals surface area contributed by atoms with Gasteiger partial charge in [0.2, 0.25) is 0 Å². The maximum Gasteiger partial charge on any atom is 0.326 e. The highest BCUT2D eigenvalue weighted by atomic mass is 16.4. The van der Waals surface area contributed by atoms with E-state index in [1.165, 1.54) is 12.3 Å². The van der Waals surface area contributed by atoms with Crippen molar-refractivity contribution in [2.24, 2.45) is 0 Å². The molecule has 0 aliphatic rings. The summed E-state index contributed by atoms with van der Waals surface area (Å²) in [4.78, 5) is 26.0. The molecule has 0 bridgehead atoms. The van der Waals surface area contributed by atoms with Crippen LogP contribution in [0.5, 0.6) is 0 Å². The van der Waals surface area contributed by atoms with Gasteiger partial charge < -0.3 is 15.5 Å². The summed E-state index contributed by atoms with van der Waals surface area (Å²) < 4.78 is 0. The van der Waals surface area contributed by atoms with Crippen molar-refractivity contribution in [2.75, 3.05) is 6.61 Å². The Morgan fingerprint density at radius 3 is 2.69 bits per heavy atom. The molecule has 1 unspecified atom stereocenters. The first-order valence-corrected chi connectivity index (χ1v) is 4.70. The lowest BCUT2D eigenvalue weighted by atomic mass is 10.2. The van der Waals surface area contributed by atoms with Crippen molar-refractivity contribution >= 4 is 11.9 Å². The minimum atomic E-state index is -1.18. The van der Waals surface area contributed by atoms with Crippen LogP contribution in [0.2, 0.25) is 0 Å². The molecule has 0 radical (unpaired) electrons. The first kappa shape index (κ1) is 12.1. The van der Waals surface area contributed by atoms with Gasteiger partial charge in [0, 0.05) is 19.2 Å². The van der Waals surface area contributed by atoms with Crippen LogP contribution in [0, 0.1) is 0 Å². The van der Waals surface area contributed by atoms with Crippen molar-refractivity contribution in [1.29, 1.82) is 0 Å². The summed E-state index contributed by atoms with van der Waals surface area (Å²) in [6, 6.07) is 3.66. The summed E-state index contributed by atoms with van der Waals surface area (Å²) in [5.41, 5.74) is 0.145. The van der Waals surface area contributed by atoms with E-state index in [1.54, 1.807) is 12.1 Å². The molecule has 86 valence electrons. The van der Waals surface area contributed by atoms with Gasteiger partial charge in [0.05, 0.1) is 0 Å². The van der Waals surface area contributed by atoms with E-state index in [0.717, 1.165) is 0 Å². The maximum absolute atomic E-state index is 11.5. The molecule has 0 spiro atoms. The van der Waals surface area contributed by atoms with E-state index >= 15 is 0 Å². The molecule has 0 fully saturated rings. The first-order valence-electron chi connectivity index (χ1n) is 4.70. The van der Waals surface area contributed by atoms with Gasteiger partial charge in [-0.3, -0.25) is 9.78 Å². The quantitative estimate of drug-likeness (QED) is 0.634. The highest BCUT2D eigenvalue weighted by Gasteiger charge is 2.20. The number of pyridine rings is 1. The Labute approximate surface area is 91.9 Å². The summed E-state index contributed by atoms with van der Waals surface area (Å²) >= 11 is 0. The van der Waals surface area contributed by atoms with Crippen LogP contribution in [0.15, 0.2) is 24.4 Å². The monoisotopic (exact) mass is 224 g/mol. The van der Waals surface area contributed by atoms with Crippen molar-refractivity contribution in [2.45, 2.75) is 12.5 Å². The number of hydrogen-bond donors (Lipinski definition) is 3. The molecule has 1 aromatic rings. The number of aliphatic hydroxyl groups excluding tert-OH is 1. The van der Waals surface area contributed by atoms with Gasteiger partial charge in [-0.25, -0.2) is 4.79 Å². The van der Waals surface area contributed by atoms with Crippen LogP contribution >= 0.6 is 0 Å². The van der Waals surface area contributed by atoms with Crippen LogP contribution in [0.1, 0.15) is 16.9 Å². The van der Waals surface area contributed by atoms with Gasteiger partial charge >= 0.3 is 5.97 Å². The van der Waals surface area contributed by atoms with Crippen LogP contribution in [0.4, 0.5) is 0 Å². The average Bonchev–Trinajstić information content (AvgIpc) is 2.29. The van der Waals surface area contributed by atoms with E-state index in [9.17, 15) is 9.59 Å². The zero-order valence-corrected chi connectivity index (χ0v) is 8.46. The molecular weight excluding hydrogens is 212 g/mol. The second kappa shape index (κ2) is 5.82. The van der Waals surface area contributed by atoms with Crippen molar-refractivity contribution in [3.63, 3.8) is 0 Å². The van der Waals surface area contributed by atoms with Crippen LogP contribution in [0.25, 0.3) is 0 Å². The number of nitrogens with zero attached hydrogens (tertiary/aromatic N) is 1. The fourth-order valence-corrected chi connectivity index (χ4v) is 1.12. The molecule has 16 heavy (non-hydrogen) atoms. The number of carbonyl (C=O) groups is 2. The molecule has 0 saturated heterocycles. The van der Waals surface area contributed by atoms with Crippen molar-refractivity contribution < 1.29 is 19.8 Å².